The maximum Gasteiger partial charge on any atom is 0.328 e. The van der Waals surface area contributed by atoms with Crippen LogP contribution in [0.4, 0.5) is 0 Å². The summed E-state index contributed by atoms with van der Waals surface area (Å²) in [6.07, 6.45) is 1.73. The van der Waals surface area contributed by atoms with E-state index in [0.717, 1.165) is 25.2 Å². The van der Waals surface area contributed by atoms with Gasteiger partial charge in [0, 0.05) is 13.0 Å². The Hall–Kier alpha value is -1.57. The number of nitrogens with zero attached hydrogens (tertiary/aromatic N) is 3. The number of aliphatic carboxylic acids is 1. The smallest absolute Gasteiger partial charge is 0.328 e. The third kappa shape index (κ3) is 2.96. The van der Waals surface area contributed by atoms with Crippen molar-refractivity contribution in [3.05, 3.63) is 0 Å². The Morgan fingerprint density at radius 1 is 1.69 bits per heavy atom. The van der Waals surface area contributed by atoms with E-state index in [1.807, 2.05) is 18.7 Å². The normalized spacial score (nSPS) is 20.1. The van der Waals surface area contributed by atoms with Crippen molar-refractivity contribution in [1.82, 2.24) is 4.90 Å². The molecule has 1 fully saturated rings. The van der Waals surface area contributed by atoms with Gasteiger partial charge >= 0.3 is 5.97 Å². The molecule has 5 heteroatoms. The molecular weight excluding hydrogens is 206 g/mol. The van der Waals surface area contributed by atoms with Gasteiger partial charge in [-0.1, -0.05) is 13.8 Å². The van der Waals surface area contributed by atoms with Gasteiger partial charge in [-0.2, -0.15) is 5.26 Å². The average molecular weight is 223 g/mol. The minimum atomic E-state index is -0.897. The molecule has 1 N–H and O–H groups in total. The third-order valence-corrected chi connectivity index (χ3v) is 2.63. The minimum Gasteiger partial charge on any atom is -0.480 e. The molecule has 0 spiro atoms. The number of aliphatic imine (C=N–C) groups is 1. The molecular formula is C11H17N3O2. The molecule has 1 rings (SSSR count). The van der Waals surface area contributed by atoms with Crippen molar-refractivity contribution >= 4 is 11.8 Å². The van der Waals surface area contributed by atoms with Crippen molar-refractivity contribution in [3.8, 4) is 6.07 Å². The van der Waals surface area contributed by atoms with Crippen LogP contribution in [0, 0.1) is 17.2 Å². The summed E-state index contributed by atoms with van der Waals surface area (Å²) in [5, 5.41) is 17.7. The molecule has 1 atom stereocenters. The molecule has 0 amide bonds. The molecule has 1 aliphatic heterocycles. The summed E-state index contributed by atoms with van der Waals surface area (Å²) < 4.78 is 0. The van der Waals surface area contributed by atoms with Gasteiger partial charge in [-0.15, -0.1) is 0 Å². The Bertz CT molecular complexity index is 331. The van der Waals surface area contributed by atoms with Crippen LogP contribution >= 0.6 is 0 Å². The molecule has 0 unspecified atom stereocenters. The molecule has 1 aliphatic rings. The van der Waals surface area contributed by atoms with E-state index in [-0.39, 0.29) is 5.92 Å². The first-order valence-corrected chi connectivity index (χ1v) is 5.47. The second kappa shape index (κ2) is 5.50. The largest absolute Gasteiger partial charge is 0.480 e. The van der Waals surface area contributed by atoms with Crippen LogP contribution in [0.1, 0.15) is 26.7 Å². The highest BCUT2D eigenvalue weighted by Gasteiger charge is 2.25. The van der Waals surface area contributed by atoms with E-state index in [9.17, 15) is 4.79 Å². The number of nitriles is 1. The van der Waals surface area contributed by atoms with Crippen LogP contribution in [0.15, 0.2) is 4.99 Å². The van der Waals surface area contributed by atoms with Gasteiger partial charge in [0.1, 0.15) is 12.4 Å². The quantitative estimate of drug-likeness (QED) is 0.724. The number of likely N-dealkylation sites (tertiary alicyclic amines) is 1. The minimum absolute atomic E-state index is 0.0328. The predicted octanol–water partition coefficient (Wildman–Crippen LogP) is 1.11. The zero-order valence-electron chi connectivity index (χ0n) is 9.68. The van der Waals surface area contributed by atoms with Gasteiger partial charge in [-0.3, -0.25) is 4.99 Å². The lowest BCUT2D eigenvalue weighted by molar-refractivity contribution is -0.139. The molecule has 0 radical (unpaired) electrons. The lowest BCUT2D eigenvalue weighted by Gasteiger charge is -2.18. The summed E-state index contributed by atoms with van der Waals surface area (Å²) in [7, 11) is 0. The second-order valence-electron chi connectivity index (χ2n) is 4.26. The van der Waals surface area contributed by atoms with E-state index < -0.39 is 12.0 Å². The van der Waals surface area contributed by atoms with E-state index in [0.29, 0.717) is 6.54 Å². The Balaban J connectivity index is 2.80. The van der Waals surface area contributed by atoms with Crippen molar-refractivity contribution < 1.29 is 9.90 Å². The second-order valence-corrected chi connectivity index (χ2v) is 4.26. The number of hydrogen-bond acceptors (Lipinski definition) is 3. The van der Waals surface area contributed by atoms with E-state index in [1.54, 1.807) is 0 Å². The number of carboxylic acids is 1. The fraction of sp³-hybridized carbons (Fsp3) is 0.727. The number of hydrogen-bond donors (Lipinski definition) is 1. The molecule has 1 heterocycles. The van der Waals surface area contributed by atoms with Crippen LogP contribution in [0.5, 0.6) is 0 Å². The zero-order valence-corrected chi connectivity index (χ0v) is 9.68. The van der Waals surface area contributed by atoms with Crippen LogP contribution in [-0.4, -0.2) is 40.9 Å². The topological polar surface area (TPSA) is 76.7 Å². The molecule has 5 nitrogen and oxygen atoms in total. The van der Waals surface area contributed by atoms with Crippen LogP contribution in [-0.2, 0) is 4.79 Å². The monoisotopic (exact) mass is 223 g/mol. The molecule has 1 saturated heterocycles. The zero-order chi connectivity index (χ0) is 12.1. The predicted molar refractivity (Wildman–Crippen MR) is 60.1 cm³/mol. The van der Waals surface area contributed by atoms with Crippen LogP contribution < -0.4 is 0 Å². The molecule has 0 aromatic carbocycles. The van der Waals surface area contributed by atoms with Crippen molar-refractivity contribution in [1.29, 1.82) is 5.26 Å². The summed E-state index contributed by atoms with van der Waals surface area (Å²) in [5.41, 5.74) is 0. The lowest BCUT2D eigenvalue weighted by atomic mass is 10.1. The van der Waals surface area contributed by atoms with Gasteiger partial charge in [0.05, 0.1) is 6.07 Å². The van der Waals surface area contributed by atoms with E-state index in [4.69, 9.17) is 10.4 Å². The van der Waals surface area contributed by atoms with Gasteiger partial charge in [0.15, 0.2) is 6.04 Å². The first-order chi connectivity index (χ1) is 7.56. The first-order valence-electron chi connectivity index (χ1n) is 5.47. The van der Waals surface area contributed by atoms with Gasteiger partial charge < -0.3 is 10.0 Å². The Labute approximate surface area is 95.4 Å². The van der Waals surface area contributed by atoms with Crippen LogP contribution in [0.3, 0.4) is 0 Å². The van der Waals surface area contributed by atoms with Crippen molar-refractivity contribution in [2.75, 3.05) is 13.1 Å². The highest BCUT2D eigenvalue weighted by atomic mass is 16.4. The number of carbonyl (C=O) groups is 1. The van der Waals surface area contributed by atoms with E-state index in [1.165, 1.54) is 0 Å². The van der Waals surface area contributed by atoms with Crippen LogP contribution in [0.2, 0.25) is 0 Å². The third-order valence-electron chi connectivity index (χ3n) is 2.63. The number of amidine groups is 1. The molecule has 0 aliphatic carbocycles. The fourth-order valence-electron chi connectivity index (χ4n) is 1.77. The Morgan fingerprint density at radius 2 is 2.38 bits per heavy atom. The number of carboxylic acid groups (broad SMARTS) is 1. The fourth-order valence-corrected chi connectivity index (χ4v) is 1.77. The summed E-state index contributed by atoms with van der Waals surface area (Å²) >= 11 is 0. The van der Waals surface area contributed by atoms with Gasteiger partial charge in [-0.05, 0) is 12.3 Å². The first kappa shape index (κ1) is 12.5. The lowest BCUT2D eigenvalue weighted by Crippen LogP contribution is -2.31. The van der Waals surface area contributed by atoms with Gasteiger partial charge in [0.25, 0.3) is 0 Å². The molecule has 0 aromatic heterocycles. The highest BCUT2D eigenvalue weighted by molar-refractivity contribution is 5.87. The van der Waals surface area contributed by atoms with E-state index in [2.05, 4.69) is 11.1 Å². The molecule has 88 valence electrons. The van der Waals surface area contributed by atoms with Crippen LogP contribution in [0.25, 0.3) is 0 Å². The standard InChI is InChI=1S/C11H17N3O2/c1-8(2)10(11(15)16)13-9-4-3-6-14(9)7-5-12/h8,10H,3-4,6-7H2,1-2H3,(H,15,16)/t10-/m0/s1. The van der Waals surface area contributed by atoms with Gasteiger partial charge in [-0.25, -0.2) is 4.79 Å². The average Bonchev–Trinajstić information content (AvgIpc) is 2.61. The maximum absolute atomic E-state index is 11.0. The Kier molecular flexibility index (Phi) is 4.29. The summed E-state index contributed by atoms with van der Waals surface area (Å²) in [6.45, 7) is 4.78. The molecule has 16 heavy (non-hydrogen) atoms. The number of rotatable bonds is 4. The van der Waals surface area contributed by atoms with Crippen molar-refractivity contribution in [2.45, 2.75) is 32.7 Å². The molecule has 0 saturated carbocycles. The van der Waals surface area contributed by atoms with E-state index >= 15 is 0 Å². The van der Waals surface area contributed by atoms with Gasteiger partial charge in [0.2, 0.25) is 0 Å². The van der Waals surface area contributed by atoms with Crippen molar-refractivity contribution in [2.24, 2.45) is 10.9 Å². The highest BCUT2D eigenvalue weighted by Crippen LogP contribution is 2.15. The summed E-state index contributed by atoms with van der Waals surface area (Å²) in [6, 6.07) is 1.37. The summed E-state index contributed by atoms with van der Waals surface area (Å²) in [5.74, 6) is -0.163. The maximum atomic E-state index is 11.0. The van der Waals surface area contributed by atoms with Crippen molar-refractivity contribution in [3.63, 3.8) is 0 Å². The molecule has 0 aromatic rings. The SMILES string of the molecule is CC(C)[C@H](N=C1CCCN1CC#N)C(=O)O. The molecule has 0 bridgehead atoms. The summed E-state index contributed by atoms with van der Waals surface area (Å²) in [4.78, 5) is 17.1. The Morgan fingerprint density at radius 3 is 2.88 bits per heavy atom.